The van der Waals surface area contributed by atoms with Gasteiger partial charge in [0, 0.05) is 0 Å². The Morgan fingerprint density at radius 3 is 2.11 bits per heavy atom. The van der Waals surface area contributed by atoms with Gasteiger partial charge in [0.15, 0.2) is 0 Å². The Morgan fingerprint density at radius 1 is 1.16 bits per heavy atom. The van der Waals surface area contributed by atoms with Crippen molar-refractivity contribution in [3.05, 3.63) is 24.3 Å². The summed E-state index contributed by atoms with van der Waals surface area (Å²) in [5.74, 6) is 1.49. The highest BCUT2D eigenvalue weighted by molar-refractivity contribution is 4.97. The highest BCUT2D eigenvalue weighted by Gasteiger charge is 2.32. The van der Waals surface area contributed by atoms with Crippen LogP contribution < -0.4 is 0 Å². The first kappa shape index (κ1) is 18.5. The molecule has 0 radical (unpaired) electrons. The van der Waals surface area contributed by atoms with E-state index in [2.05, 4.69) is 74.1 Å². The molecular weight excluding hydrogens is 228 g/mol. The van der Waals surface area contributed by atoms with Crippen molar-refractivity contribution in [2.75, 3.05) is 0 Å². The largest absolute Gasteiger partial charge is 0.100 e. The van der Waals surface area contributed by atoms with Gasteiger partial charge in [0.2, 0.25) is 0 Å². The maximum Gasteiger partial charge on any atom is -0.0170 e. The number of hydrogen-bond donors (Lipinski definition) is 0. The SMILES string of the molecule is C=C(C)CC(C)CC(C)C(C)(C)CC(C)(C)/C=C/C. The lowest BCUT2D eigenvalue weighted by molar-refractivity contribution is 0.135. The molecule has 0 heteroatoms. The average molecular weight is 264 g/mol. The molecule has 0 nitrogen and oxygen atoms in total. The molecule has 0 aliphatic heterocycles. The molecule has 0 amide bonds. The molecule has 0 N–H and O–H groups in total. The summed E-state index contributed by atoms with van der Waals surface area (Å²) in [6.07, 6.45) is 8.24. The Hall–Kier alpha value is -0.520. The van der Waals surface area contributed by atoms with Crippen molar-refractivity contribution in [2.24, 2.45) is 22.7 Å². The molecule has 0 saturated carbocycles. The second-order valence-electron chi connectivity index (χ2n) is 8.06. The Morgan fingerprint density at radius 2 is 1.68 bits per heavy atom. The van der Waals surface area contributed by atoms with Crippen LogP contribution in [0.4, 0.5) is 0 Å². The summed E-state index contributed by atoms with van der Waals surface area (Å²) in [5, 5.41) is 0. The third-order valence-corrected chi connectivity index (χ3v) is 4.32. The van der Waals surface area contributed by atoms with Gasteiger partial charge in [-0.3, -0.25) is 0 Å². The average Bonchev–Trinajstić information content (AvgIpc) is 2.13. The third-order valence-electron chi connectivity index (χ3n) is 4.32. The Kier molecular flexibility index (Phi) is 7.11. The van der Waals surface area contributed by atoms with E-state index in [-0.39, 0.29) is 0 Å². The highest BCUT2D eigenvalue weighted by Crippen LogP contribution is 2.42. The number of rotatable bonds is 8. The van der Waals surface area contributed by atoms with Gasteiger partial charge in [0.05, 0.1) is 0 Å². The molecule has 0 aromatic rings. The normalized spacial score (nSPS) is 16.6. The van der Waals surface area contributed by atoms with E-state index >= 15 is 0 Å². The first-order valence-corrected chi connectivity index (χ1v) is 7.78. The summed E-state index contributed by atoms with van der Waals surface area (Å²) >= 11 is 0. The molecule has 0 rings (SSSR count). The van der Waals surface area contributed by atoms with Crippen LogP contribution in [0, 0.1) is 22.7 Å². The monoisotopic (exact) mass is 264 g/mol. The molecule has 0 saturated heterocycles. The fourth-order valence-electron chi connectivity index (χ4n) is 3.46. The molecule has 112 valence electrons. The van der Waals surface area contributed by atoms with E-state index in [1.54, 1.807) is 0 Å². The zero-order chi connectivity index (χ0) is 15.3. The van der Waals surface area contributed by atoms with E-state index in [9.17, 15) is 0 Å². The summed E-state index contributed by atoms with van der Waals surface area (Å²) in [4.78, 5) is 0. The van der Waals surface area contributed by atoms with Crippen LogP contribution in [0.2, 0.25) is 0 Å². The lowest BCUT2D eigenvalue weighted by Gasteiger charge is -2.39. The first-order valence-electron chi connectivity index (χ1n) is 7.78. The molecule has 2 atom stereocenters. The van der Waals surface area contributed by atoms with Gasteiger partial charge in [0.1, 0.15) is 0 Å². The molecule has 0 heterocycles. The van der Waals surface area contributed by atoms with E-state index < -0.39 is 0 Å². The molecular formula is C19H36. The maximum atomic E-state index is 4.04. The minimum absolute atomic E-state index is 0.296. The highest BCUT2D eigenvalue weighted by atomic mass is 14.4. The number of allylic oxidation sites excluding steroid dienone is 3. The molecule has 2 unspecified atom stereocenters. The summed E-state index contributed by atoms with van der Waals surface area (Å²) in [5.41, 5.74) is 1.99. The van der Waals surface area contributed by atoms with Crippen molar-refractivity contribution >= 4 is 0 Å². The van der Waals surface area contributed by atoms with Gasteiger partial charge < -0.3 is 0 Å². The van der Waals surface area contributed by atoms with Crippen molar-refractivity contribution in [1.82, 2.24) is 0 Å². The van der Waals surface area contributed by atoms with Gasteiger partial charge in [-0.15, -0.1) is 6.58 Å². The van der Waals surface area contributed by atoms with Crippen molar-refractivity contribution in [1.29, 1.82) is 0 Å². The van der Waals surface area contributed by atoms with Crippen molar-refractivity contribution in [3.63, 3.8) is 0 Å². The molecule has 0 spiro atoms. The molecule has 0 aliphatic carbocycles. The Balaban J connectivity index is 4.59. The lowest BCUT2D eigenvalue weighted by atomic mass is 9.66. The minimum atomic E-state index is 0.296. The van der Waals surface area contributed by atoms with E-state index in [4.69, 9.17) is 0 Å². The fourth-order valence-corrected chi connectivity index (χ4v) is 3.46. The Labute approximate surface area is 122 Å². The van der Waals surface area contributed by atoms with Crippen LogP contribution in [-0.2, 0) is 0 Å². The van der Waals surface area contributed by atoms with Gasteiger partial charge in [-0.05, 0) is 55.8 Å². The van der Waals surface area contributed by atoms with Gasteiger partial charge in [0.25, 0.3) is 0 Å². The summed E-state index contributed by atoms with van der Waals surface area (Å²) in [6.45, 7) is 22.6. The lowest BCUT2D eigenvalue weighted by Crippen LogP contribution is -2.29. The van der Waals surface area contributed by atoms with E-state index in [0.717, 1.165) is 11.8 Å². The molecule has 0 aliphatic rings. The predicted molar refractivity (Wildman–Crippen MR) is 89.4 cm³/mol. The van der Waals surface area contributed by atoms with E-state index in [1.807, 2.05) is 0 Å². The van der Waals surface area contributed by atoms with Crippen LogP contribution in [0.5, 0.6) is 0 Å². The summed E-state index contributed by atoms with van der Waals surface area (Å²) in [6, 6.07) is 0. The summed E-state index contributed by atoms with van der Waals surface area (Å²) < 4.78 is 0. The topological polar surface area (TPSA) is 0 Å². The predicted octanol–water partition coefficient (Wildman–Crippen LogP) is 6.63. The smallest absolute Gasteiger partial charge is 0.0170 e. The van der Waals surface area contributed by atoms with Crippen molar-refractivity contribution < 1.29 is 0 Å². The van der Waals surface area contributed by atoms with Crippen LogP contribution in [0.1, 0.15) is 74.7 Å². The maximum absolute atomic E-state index is 4.04. The molecule has 0 fully saturated rings. The zero-order valence-corrected chi connectivity index (χ0v) is 14.6. The van der Waals surface area contributed by atoms with Crippen molar-refractivity contribution in [3.8, 4) is 0 Å². The number of hydrogen-bond acceptors (Lipinski definition) is 0. The van der Waals surface area contributed by atoms with Crippen molar-refractivity contribution in [2.45, 2.75) is 74.7 Å². The molecule has 19 heavy (non-hydrogen) atoms. The van der Waals surface area contributed by atoms with Crippen LogP contribution in [0.3, 0.4) is 0 Å². The quantitative estimate of drug-likeness (QED) is 0.431. The third kappa shape index (κ3) is 7.60. The second-order valence-corrected chi connectivity index (χ2v) is 8.06. The Bertz CT molecular complexity index is 304. The summed E-state index contributed by atoms with van der Waals surface area (Å²) in [7, 11) is 0. The second kappa shape index (κ2) is 7.31. The molecule has 0 aromatic heterocycles. The van der Waals surface area contributed by atoms with Gasteiger partial charge in [-0.2, -0.15) is 0 Å². The van der Waals surface area contributed by atoms with Gasteiger partial charge in [-0.1, -0.05) is 59.3 Å². The van der Waals surface area contributed by atoms with Crippen LogP contribution in [0.15, 0.2) is 24.3 Å². The van der Waals surface area contributed by atoms with E-state index in [0.29, 0.717) is 10.8 Å². The van der Waals surface area contributed by atoms with E-state index in [1.165, 1.54) is 24.8 Å². The van der Waals surface area contributed by atoms with Crippen LogP contribution >= 0.6 is 0 Å². The molecule has 0 bridgehead atoms. The molecule has 0 aromatic carbocycles. The van der Waals surface area contributed by atoms with Gasteiger partial charge >= 0.3 is 0 Å². The van der Waals surface area contributed by atoms with Crippen LogP contribution in [0.25, 0.3) is 0 Å². The zero-order valence-electron chi connectivity index (χ0n) is 14.6. The fraction of sp³-hybridized carbons (Fsp3) is 0.789. The minimum Gasteiger partial charge on any atom is -0.100 e. The first-order chi connectivity index (χ1) is 8.50. The van der Waals surface area contributed by atoms with Crippen LogP contribution in [-0.4, -0.2) is 0 Å². The standard InChI is InChI=1S/C19H36/c1-10-11-18(6,7)14-19(8,9)17(5)13-16(4)12-15(2)3/h10-11,16-17H,2,12-14H2,1,3-9H3/b11-10+. The van der Waals surface area contributed by atoms with Gasteiger partial charge in [-0.25, -0.2) is 0 Å².